The summed E-state index contributed by atoms with van der Waals surface area (Å²) in [5, 5.41) is 10.6. The van der Waals surface area contributed by atoms with Gasteiger partial charge in [0.2, 0.25) is 0 Å². The summed E-state index contributed by atoms with van der Waals surface area (Å²) in [7, 11) is 0. The summed E-state index contributed by atoms with van der Waals surface area (Å²) in [5.41, 5.74) is 4.13. The minimum atomic E-state index is 0.855. The number of rotatable bonds is 3. The number of hydrogen-bond donors (Lipinski definition) is 0. The standard InChI is InChI=1S/C21H15Br3/c22-10-13-9-18-16-7-2-1-5-14(16)15-6-3-4-8-17(15)21(18)20(12-24)19(13)11-23/h1-9H,10-12H2. The molecular weight excluding hydrogens is 492 g/mol. The average molecular weight is 507 g/mol. The maximum atomic E-state index is 3.75. The van der Waals surface area contributed by atoms with E-state index in [-0.39, 0.29) is 0 Å². The molecule has 4 aromatic rings. The summed E-state index contributed by atoms with van der Waals surface area (Å²) in [6.07, 6.45) is 0. The van der Waals surface area contributed by atoms with Gasteiger partial charge in [0.05, 0.1) is 0 Å². The fraction of sp³-hybridized carbons (Fsp3) is 0.143. The molecule has 3 heteroatoms. The van der Waals surface area contributed by atoms with E-state index < -0.39 is 0 Å². The number of hydrogen-bond acceptors (Lipinski definition) is 0. The first-order chi connectivity index (χ1) is 11.8. The van der Waals surface area contributed by atoms with Crippen molar-refractivity contribution in [2.45, 2.75) is 16.0 Å². The zero-order valence-electron chi connectivity index (χ0n) is 13.0. The Morgan fingerprint density at radius 2 is 1.04 bits per heavy atom. The van der Waals surface area contributed by atoms with Gasteiger partial charge < -0.3 is 0 Å². The molecule has 0 aliphatic carbocycles. The predicted octanol–water partition coefficient (Wildman–Crippen LogP) is 7.83. The highest BCUT2D eigenvalue weighted by molar-refractivity contribution is 9.09. The predicted molar refractivity (Wildman–Crippen MR) is 117 cm³/mol. The lowest BCUT2D eigenvalue weighted by Crippen LogP contribution is -1.98. The van der Waals surface area contributed by atoms with Gasteiger partial charge >= 0.3 is 0 Å². The molecule has 0 aromatic heterocycles. The number of alkyl halides is 3. The van der Waals surface area contributed by atoms with Gasteiger partial charge in [0.1, 0.15) is 0 Å². The van der Waals surface area contributed by atoms with E-state index in [2.05, 4.69) is 102 Å². The van der Waals surface area contributed by atoms with Crippen molar-refractivity contribution in [3.05, 3.63) is 71.3 Å². The van der Waals surface area contributed by atoms with Crippen LogP contribution in [0.4, 0.5) is 0 Å². The van der Waals surface area contributed by atoms with E-state index >= 15 is 0 Å². The van der Waals surface area contributed by atoms with Crippen LogP contribution in [0, 0.1) is 0 Å². The molecule has 24 heavy (non-hydrogen) atoms. The molecule has 0 nitrogen and oxygen atoms in total. The lowest BCUT2D eigenvalue weighted by atomic mass is 9.88. The third kappa shape index (κ3) is 2.44. The Morgan fingerprint density at radius 1 is 0.542 bits per heavy atom. The average Bonchev–Trinajstić information content (AvgIpc) is 2.66. The topological polar surface area (TPSA) is 0 Å². The second kappa shape index (κ2) is 6.78. The van der Waals surface area contributed by atoms with Gasteiger partial charge in [-0.15, -0.1) is 0 Å². The molecule has 0 unspecified atom stereocenters. The summed E-state index contributed by atoms with van der Waals surface area (Å²) < 4.78 is 0. The van der Waals surface area contributed by atoms with E-state index in [1.54, 1.807) is 0 Å². The number of halogens is 3. The van der Waals surface area contributed by atoms with Gasteiger partial charge in [-0.05, 0) is 55.1 Å². The number of fused-ring (bicyclic) bond motifs is 6. The molecule has 0 spiro atoms. The van der Waals surface area contributed by atoms with Crippen molar-refractivity contribution in [3.8, 4) is 0 Å². The van der Waals surface area contributed by atoms with Crippen LogP contribution in [0.1, 0.15) is 16.7 Å². The molecule has 4 aromatic carbocycles. The molecule has 0 bridgehead atoms. The zero-order chi connectivity index (χ0) is 16.7. The molecule has 0 aliphatic heterocycles. The van der Waals surface area contributed by atoms with Gasteiger partial charge in [0, 0.05) is 16.0 Å². The Morgan fingerprint density at radius 3 is 1.58 bits per heavy atom. The van der Waals surface area contributed by atoms with Crippen LogP contribution in [0.15, 0.2) is 54.6 Å². The van der Waals surface area contributed by atoms with Crippen LogP contribution >= 0.6 is 47.8 Å². The summed E-state index contributed by atoms with van der Waals surface area (Å²) in [5.74, 6) is 0. The fourth-order valence-electron chi connectivity index (χ4n) is 3.68. The second-order valence-corrected chi connectivity index (χ2v) is 7.59. The van der Waals surface area contributed by atoms with Crippen molar-refractivity contribution in [2.24, 2.45) is 0 Å². The van der Waals surface area contributed by atoms with E-state index in [1.165, 1.54) is 49.0 Å². The van der Waals surface area contributed by atoms with Crippen molar-refractivity contribution < 1.29 is 0 Å². The minimum Gasteiger partial charge on any atom is -0.0876 e. The maximum absolute atomic E-state index is 3.75. The van der Waals surface area contributed by atoms with E-state index in [0.717, 1.165) is 16.0 Å². The maximum Gasteiger partial charge on any atom is 0.0292 e. The Labute approximate surface area is 166 Å². The Hall–Kier alpha value is -0.900. The van der Waals surface area contributed by atoms with Crippen molar-refractivity contribution in [2.75, 3.05) is 0 Å². The zero-order valence-corrected chi connectivity index (χ0v) is 17.7. The van der Waals surface area contributed by atoms with Gasteiger partial charge in [-0.1, -0.05) is 96.3 Å². The van der Waals surface area contributed by atoms with Gasteiger partial charge in [-0.2, -0.15) is 0 Å². The Bertz CT molecular complexity index is 1070. The third-order valence-electron chi connectivity index (χ3n) is 4.76. The Kier molecular flexibility index (Phi) is 4.68. The van der Waals surface area contributed by atoms with E-state index in [9.17, 15) is 0 Å². The van der Waals surface area contributed by atoms with E-state index in [4.69, 9.17) is 0 Å². The van der Waals surface area contributed by atoms with Crippen LogP contribution in [0.2, 0.25) is 0 Å². The van der Waals surface area contributed by atoms with Crippen molar-refractivity contribution in [1.29, 1.82) is 0 Å². The van der Waals surface area contributed by atoms with E-state index in [0.29, 0.717) is 0 Å². The Balaban J connectivity index is 2.38. The smallest absolute Gasteiger partial charge is 0.0292 e. The lowest BCUT2D eigenvalue weighted by molar-refractivity contribution is 1.26. The molecule has 120 valence electrons. The van der Waals surface area contributed by atoms with Crippen LogP contribution < -0.4 is 0 Å². The summed E-state index contributed by atoms with van der Waals surface area (Å²) in [6.45, 7) is 0. The van der Waals surface area contributed by atoms with Crippen molar-refractivity contribution in [3.63, 3.8) is 0 Å². The highest BCUT2D eigenvalue weighted by atomic mass is 79.9. The first-order valence-electron chi connectivity index (χ1n) is 7.84. The van der Waals surface area contributed by atoms with Crippen LogP contribution in [0.5, 0.6) is 0 Å². The van der Waals surface area contributed by atoms with Gasteiger partial charge in [0.15, 0.2) is 0 Å². The first-order valence-corrected chi connectivity index (χ1v) is 11.2. The molecule has 0 fully saturated rings. The molecule has 0 amide bonds. The molecule has 0 saturated carbocycles. The van der Waals surface area contributed by atoms with Crippen LogP contribution in [-0.4, -0.2) is 0 Å². The number of benzene rings is 4. The summed E-state index contributed by atoms with van der Waals surface area (Å²) in [6, 6.07) is 19.9. The van der Waals surface area contributed by atoms with Crippen molar-refractivity contribution in [1.82, 2.24) is 0 Å². The quantitative estimate of drug-likeness (QED) is 0.196. The van der Waals surface area contributed by atoms with Crippen molar-refractivity contribution >= 4 is 80.1 Å². The van der Waals surface area contributed by atoms with Crippen LogP contribution in [0.3, 0.4) is 0 Å². The molecule has 0 atom stereocenters. The largest absolute Gasteiger partial charge is 0.0876 e. The molecule has 0 radical (unpaired) electrons. The molecule has 0 saturated heterocycles. The normalized spacial score (nSPS) is 11.6. The highest BCUT2D eigenvalue weighted by Gasteiger charge is 2.16. The molecule has 0 N–H and O–H groups in total. The van der Waals surface area contributed by atoms with Gasteiger partial charge in [-0.3, -0.25) is 0 Å². The summed E-state index contributed by atoms with van der Waals surface area (Å²) >= 11 is 11.1. The molecular formula is C21H15Br3. The minimum absolute atomic E-state index is 0.855. The molecule has 0 aliphatic rings. The van der Waals surface area contributed by atoms with Gasteiger partial charge in [0.25, 0.3) is 0 Å². The van der Waals surface area contributed by atoms with Gasteiger partial charge in [-0.25, -0.2) is 0 Å². The van der Waals surface area contributed by atoms with E-state index in [1.807, 2.05) is 0 Å². The first kappa shape index (κ1) is 16.6. The summed E-state index contributed by atoms with van der Waals surface area (Å²) in [4.78, 5) is 0. The SMILES string of the molecule is BrCc1cc2c3ccccc3c3ccccc3c2c(CBr)c1CBr. The fourth-order valence-corrected chi connectivity index (χ4v) is 5.50. The lowest BCUT2D eigenvalue weighted by Gasteiger charge is -2.18. The molecule has 4 rings (SSSR count). The van der Waals surface area contributed by atoms with Crippen LogP contribution in [0.25, 0.3) is 32.3 Å². The third-order valence-corrected chi connectivity index (χ3v) is 6.48. The highest BCUT2D eigenvalue weighted by Crippen LogP contribution is 2.40. The monoisotopic (exact) mass is 504 g/mol. The van der Waals surface area contributed by atoms with Crippen LogP contribution in [-0.2, 0) is 16.0 Å². The molecule has 0 heterocycles. The second-order valence-electron chi connectivity index (χ2n) is 5.91.